The highest BCUT2D eigenvalue weighted by Gasteiger charge is 2.22. The number of amides is 1. The molecule has 1 saturated carbocycles. The number of aliphatic hydroxyl groups is 1. The second kappa shape index (κ2) is 6.21. The molecule has 1 unspecified atom stereocenters. The maximum atomic E-state index is 11.8. The summed E-state index contributed by atoms with van der Waals surface area (Å²) in [5.41, 5.74) is 5.83. The van der Waals surface area contributed by atoms with Crippen molar-refractivity contribution in [2.24, 2.45) is 11.7 Å². The molecule has 1 amide bonds. The van der Waals surface area contributed by atoms with Gasteiger partial charge in [-0.3, -0.25) is 4.79 Å². The van der Waals surface area contributed by atoms with Crippen LogP contribution in [0.1, 0.15) is 39.0 Å². The van der Waals surface area contributed by atoms with Crippen molar-refractivity contribution in [1.82, 2.24) is 4.90 Å². The number of likely N-dealkylation sites (N-methyl/N-ethyl adjacent to an activating group) is 1. The molecule has 0 aromatic heterocycles. The summed E-state index contributed by atoms with van der Waals surface area (Å²) in [5.74, 6) is 0.630. The Morgan fingerprint density at radius 1 is 1.44 bits per heavy atom. The molecule has 0 saturated heterocycles. The summed E-state index contributed by atoms with van der Waals surface area (Å²) >= 11 is 0. The van der Waals surface area contributed by atoms with E-state index in [0.29, 0.717) is 24.9 Å². The number of carbonyl (C=O) groups excluding carboxylic acids is 1. The molecule has 1 rings (SSSR count). The van der Waals surface area contributed by atoms with Gasteiger partial charge < -0.3 is 15.7 Å². The maximum absolute atomic E-state index is 11.8. The van der Waals surface area contributed by atoms with Gasteiger partial charge in [-0.1, -0.05) is 0 Å². The highest BCUT2D eigenvalue weighted by molar-refractivity contribution is 5.76. The molecule has 3 N–H and O–H groups in total. The van der Waals surface area contributed by atoms with Gasteiger partial charge in [0.15, 0.2) is 0 Å². The average Bonchev–Trinajstić information content (AvgIpc) is 2.20. The second-order valence-electron chi connectivity index (χ2n) is 5.11. The summed E-state index contributed by atoms with van der Waals surface area (Å²) < 4.78 is 0. The standard InChI is InChI=1S/C12H24N2O2/c1-9(15)8-14(2)12(16)7-10-3-5-11(13)6-4-10/h9-11,15H,3-8,13H2,1-2H3. The molecule has 1 aliphatic rings. The third kappa shape index (κ3) is 4.49. The van der Waals surface area contributed by atoms with Gasteiger partial charge in [0.05, 0.1) is 6.10 Å². The van der Waals surface area contributed by atoms with Gasteiger partial charge in [0.2, 0.25) is 5.91 Å². The summed E-state index contributed by atoms with van der Waals surface area (Å²) in [4.78, 5) is 13.4. The zero-order chi connectivity index (χ0) is 12.1. The van der Waals surface area contributed by atoms with Crippen LogP contribution >= 0.6 is 0 Å². The number of rotatable bonds is 4. The predicted molar refractivity (Wildman–Crippen MR) is 63.9 cm³/mol. The van der Waals surface area contributed by atoms with Crippen molar-refractivity contribution in [2.75, 3.05) is 13.6 Å². The van der Waals surface area contributed by atoms with Crippen LogP contribution in [-0.4, -0.2) is 41.7 Å². The predicted octanol–water partition coefficient (Wildman–Crippen LogP) is 0.733. The smallest absolute Gasteiger partial charge is 0.222 e. The van der Waals surface area contributed by atoms with Gasteiger partial charge >= 0.3 is 0 Å². The number of nitrogens with zero attached hydrogens (tertiary/aromatic N) is 1. The average molecular weight is 228 g/mol. The molecular weight excluding hydrogens is 204 g/mol. The minimum Gasteiger partial charge on any atom is -0.392 e. The van der Waals surface area contributed by atoms with E-state index >= 15 is 0 Å². The molecule has 0 aromatic rings. The first kappa shape index (κ1) is 13.5. The minimum atomic E-state index is -0.450. The largest absolute Gasteiger partial charge is 0.392 e. The Balaban J connectivity index is 2.28. The molecule has 16 heavy (non-hydrogen) atoms. The summed E-state index contributed by atoms with van der Waals surface area (Å²) in [6.07, 6.45) is 4.37. The van der Waals surface area contributed by atoms with E-state index in [4.69, 9.17) is 5.73 Å². The molecule has 0 aliphatic heterocycles. The Hall–Kier alpha value is -0.610. The van der Waals surface area contributed by atoms with E-state index in [1.165, 1.54) is 0 Å². The molecule has 1 fully saturated rings. The van der Waals surface area contributed by atoms with Crippen molar-refractivity contribution >= 4 is 5.91 Å². The molecule has 94 valence electrons. The van der Waals surface area contributed by atoms with Crippen LogP contribution in [0.25, 0.3) is 0 Å². The highest BCUT2D eigenvalue weighted by Crippen LogP contribution is 2.26. The lowest BCUT2D eigenvalue weighted by molar-refractivity contribution is -0.132. The SMILES string of the molecule is CC(O)CN(C)C(=O)CC1CCC(N)CC1. The van der Waals surface area contributed by atoms with Crippen LogP contribution in [0.3, 0.4) is 0 Å². The van der Waals surface area contributed by atoms with Crippen molar-refractivity contribution in [2.45, 2.75) is 51.2 Å². The van der Waals surface area contributed by atoms with Crippen LogP contribution in [0.4, 0.5) is 0 Å². The number of hydrogen-bond donors (Lipinski definition) is 2. The molecule has 1 aliphatic carbocycles. The fourth-order valence-corrected chi connectivity index (χ4v) is 2.29. The van der Waals surface area contributed by atoms with Crippen molar-refractivity contribution in [3.8, 4) is 0 Å². The maximum Gasteiger partial charge on any atom is 0.222 e. The van der Waals surface area contributed by atoms with Gasteiger partial charge in [-0.05, 0) is 38.5 Å². The zero-order valence-electron chi connectivity index (χ0n) is 10.4. The molecule has 0 heterocycles. The summed E-state index contributed by atoms with van der Waals surface area (Å²) in [7, 11) is 1.75. The second-order valence-corrected chi connectivity index (χ2v) is 5.11. The van der Waals surface area contributed by atoms with Crippen LogP contribution in [0.5, 0.6) is 0 Å². The molecule has 0 aromatic carbocycles. The van der Waals surface area contributed by atoms with E-state index in [1.807, 2.05) is 0 Å². The van der Waals surface area contributed by atoms with E-state index in [-0.39, 0.29) is 5.91 Å². The quantitative estimate of drug-likeness (QED) is 0.745. The molecule has 4 nitrogen and oxygen atoms in total. The zero-order valence-corrected chi connectivity index (χ0v) is 10.4. The van der Waals surface area contributed by atoms with Gasteiger partial charge in [0.25, 0.3) is 0 Å². The van der Waals surface area contributed by atoms with Gasteiger partial charge in [-0.25, -0.2) is 0 Å². The molecule has 0 radical (unpaired) electrons. The number of aliphatic hydroxyl groups excluding tert-OH is 1. The third-order valence-corrected chi connectivity index (χ3v) is 3.32. The van der Waals surface area contributed by atoms with E-state index in [2.05, 4.69) is 0 Å². The van der Waals surface area contributed by atoms with Crippen molar-refractivity contribution in [1.29, 1.82) is 0 Å². The van der Waals surface area contributed by atoms with Crippen LogP contribution < -0.4 is 5.73 Å². The molecule has 1 atom stereocenters. The van der Waals surface area contributed by atoms with Crippen LogP contribution in [0, 0.1) is 5.92 Å². The monoisotopic (exact) mass is 228 g/mol. The summed E-state index contributed by atoms with van der Waals surface area (Å²) in [6.45, 7) is 2.12. The lowest BCUT2D eigenvalue weighted by Crippen LogP contribution is -2.35. The number of carbonyl (C=O) groups is 1. The number of nitrogens with two attached hydrogens (primary N) is 1. The molecule has 4 heteroatoms. The molecule has 0 bridgehead atoms. The minimum absolute atomic E-state index is 0.140. The fraction of sp³-hybridized carbons (Fsp3) is 0.917. The van der Waals surface area contributed by atoms with Crippen LogP contribution in [-0.2, 0) is 4.79 Å². The van der Waals surface area contributed by atoms with Crippen LogP contribution in [0.2, 0.25) is 0 Å². The van der Waals surface area contributed by atoms with Crippen molar-refractivity contribution in [3.63, 3.8) is 0 Å². The first-order valence-corrected chi connectivity index (χ1v) is 6.16. The Bertz CT molecular complexity index is 223. The fourth-order valence-electron chi connectivity index (χ4n) is 2.29. The Labute approximate surface area is 97.8 Å². The molecular formula is C12H24N2O2. The van der Waals surface area contributed by atoms with Crippen LogP contribution in [0.15, 0.2) is 0 Å². The van der Waals surface area contributed by atoms with Gasteiger partial charge in [-0.15, -0.1) is 0 Å². The topological polar surface area (TPSA) is 66.6 Å². The highest BCUT2D eigenvalue weighted by atomic mass is 16.3. The lowest BCUT2D eigenvalue weighted by Gasteiger charge is -2.27. The van der Waals surface area contributed by atoms with Crippen molar-refractivity contribution in [3.05, 3.63) is 0 Å². The van der Waals surface area contributed by atoms with E-state index in [9.17, 15) is 9.90 Å². The lowest BCUT2D eigenvalue weighted by atomic mass is 9.84. The molecule has 0 spiro atoms. The first-order valence-electron chi connectivity index (χ1n) is 6.16. The Kier molecular flexibility index (Phi) is 5.22. The van der Waals surface area contributed by atoms with Crippen molar-refractivity contribution < 1.29 is 9.90 Å². The van der Waals surface area contributed by atoms with E-state index in [0.717, 1.165) is 25.7 Å². The van der Waals surface area contributed by atoms with Gasteiger partial charge in [-0.2, -0.15) is 0 Å². The number of hydrogen-bond acceptors (Lipinski definition) is 3. The third-order valence-electron chi connectivity index (χ3n) is 3.32. The first-order chi connectivity index (χ1) is 7.49. The Morgan fingerprint density at radius 2 is 2.00 bits per heavy atom. The normalized spacial score (nSPS) is 27.5. The van der Waals surface area contributed by atoms with E-state index < -0.39 is 6.10 Å². The van der Waals surface area contributed by atoms with E-state index in [1.54, 1.807) is 18.9 Å². The summed E-state index contributed by atoms with van der Waals surface area (Å²) in [5, 5.41) is 9.20. The van der Waals surface area contributed by atoms with Gasteiger partial charge in [0.1, 0.15) is 0 Å². The Morgan fingerprint density at radius 3 is 2.50 bits per heavy atom. The summed E-state index contributed by atoms with van der Waals surface area (Å²) in [6, 6.07) is 0.335. The van der Waals surface area contributed by atoms with Gasteiger partial charge in [0, 0.05) is 26.1 Å².